The second-order valence-corrected chi connectivity index (χ2v) is 13.7. The van der Waals surface area contributed by atoms with E-state index in [-0.39, 0.29) is 12.3 Å². The molecule has 1 unspecified atom stereocenters. The number of hydrogen-bond acceptors (Lipinski definition) is 5. The van der Waals surface area contributed by atoms with Crippen LogP contribution in [0.5, 0.6) is 0 Å². The third kappa shape index (κ3) is 5.92. The van der Waals surface area contributed by atoms with E-state index in [1.54, 1.807) is 0 Å². The Morgan fingerprint density at radius 1 is 0.947 bits per heavy atom. The topological polar surface area (TPSA) is 69.7 Å². The minimum absolute atomic E-state index is 0.00254. The molecule has 5 atom stereocenters. The minimum Gasteiger partial charge on any atom is -0.356 e. The van der Waals surface area contributed by atoms with Gasteiger partial charge in [-0.2, -0.15) is 13.2 Å². The van der Waals surface area contributed by atoms with Crippen LogP contribution in [0.3, 0.4) is 0 Å². The summed E-state index contributed by atoms with van der Waals surface area (Å²) in [5.41, 5.74) is -4.87. The number of nitrogens with zero attached hydrogens (tertiary/aromatic N) is 2. The fraction of sp³-hybridized carbons (Fsp3) is 0.750. The van der Waals surface area contributed by atoms with Gasteiger partial charge in [-0.3, -0.25) is 14.6 Å². The smallest absolute Gasteiger partial charge is 0.356 e. The van der Waals surface area contributed by atoms with Crippen molar-refractivity contribution < 1.29 is 26.4 Å². The number of carbonyl (C=O) groups excluding carboxylic acids is 1. The zero-order valence-corrected chi connectivity index (χ0v) is 22.8. The number of hydrogen-bond donors (Lipinski definition) is 1. The summed E-state index contributed by atoms with van der Waals surface area (Å²) in [6.07, 6.45) is 11.5. The van der Waals surface area contributed by atoms with Crippen LogP contribution >= 0.6 is 0 Å². The molecule has 3 saturated heterocycles. The molecule has 4 aliphatic rings. The van der Waals surface area contributed by atoms with Crippen LogP contribution < -0.4 is 5.32 Å². The molecule has 212 valence electrons. The molecule has 2 bridgehead atoms. The van der Waals surface area contributed by atoms with E-state index in [1.807, 2.05) is 0 Å². The maximum atomic E-state index is 12.7. The lowest BCUT2D eigenvalue weighted by molar-refractivity contribution is -0.120. The summed E-state index contributed by atoms with van der Waals surface area (Å²) in [4.78, 5) is 17.1. The van der Waals surface area contributed by atoms with Gasteiger partial charge in [0.1, 0.15) is 0 Å². The summed E-state index contributed by atoms with van der Waals surface area (Å²) >= 11 is 0. The fourth-order valence-electron chi connectivity index (χ4n) is 7.80. The number of amides is 1. The first-order chi connectivity index (χ1) is 18.1. The van der Waals surface area contributed by atoms with Crippen molar-refractivity contribution in [1.82, 2.24) is 15.1 Å². The monoisotopic (exact) mass is 555 g/mol. The van der Waals surface area contributed by atoms with Crippen molar-refractivity contribution >= 4 is 15.7 Å². The van der Waals surface area contributed by atoms with Gasteiger partial charge in [0, 0.05) is 25.2 Å². The number of halogens is 3. The van der Waals surface area contributed by atoms with Gasteiger partial charge in [0.25, 0.3) is 9.84 Å². The average molecular weight is 556 g/mol. The first-order valence-corrected chi connectivity index (χ1v) is 15.8. The number of likely N-dealkylation sites (tertiary alicyclic amines) is 1. The molecule has 0 aromatic heterocycles. The standard InChI is InChI=1S/C28H40F3N3O3S/c29-28(30,31)38(36,37)24-10-8-20(9-11-24)16-26(35)32-12-2-4-13-33-15-5-6-21-17-22-18-23(27(21)33)19-34-14-3-1-7-25(22)34/h8-11,21-23,25,27H,1-7,12-19H2,(H,32,35)/t21?,22-,23+,25+,27+/m0/s1. The van der Waals surface area contributed by atoms with Crippen molar-refractivity contribution in [3.05, 3.63) is 29.8 Å². The summed E-state index contributed by atoms with van der Waals surface area (Å²) in [7, 11) is -5.38. The van der Waals surface area contributed by atoms with Crippen LogP contribution in [0, 0.1) is 17.8 Å². The largest absolute Gasteiger partial charge is 0.501 e. The number of unbranched alkanes of at least 4 members (excludes halogenated alkanes) is 1. The molecule has 6 nitrogen and oxygen atoms in total. The maximum Gasteiger partial charge on any atom is 0.501 e. The number of fused-ring (bicyclic) bond motifs is 6. The van der Waals surface area contributed by atoms with E-state index in [2.05, 4.69) is 15.1 Å². The van der Waals surface area contributed by atoms with Crippen LogP contribution in [0.4, 0.5) is 13.2 Å². The molecule has 1 aromatic rings. The van der Waals surface area contributed by atoms with Crippen LogP contribution in [-0.2, 0) is 21.1 Å². The zero-order chi connectivity index (χ0) is 26.9. The van der Waals surface area contributed by atoms with E-state index in [4.69, 9.17) is 0 Å². The molecule has 38 heavy (non-hydrogen) atoms. The first-order valence-electron chi connectivity index (χ1n) is 14.3. The number of rotatable bonds is 8. The van der Waals surface area contributed by atoms with Crippen LogP contribution in [-0.4, -0.2) is 74.4 Å². The van der Waals surface area contributed by atoms with Gasteiger partial charge in [-0.05, 0) is 106 Å². The molecule has 4 fully saturated rings. The Kier molecular flexibility index (Phi) is 8.41. The second-order valence-electron chi connectivity index (χ2n) is 11.8. The number of benzene rings is 1. The molecule has 10 heteroatoms. The Labute approximate surface area is 224 Å². The van der Waals surface area contributed by atoms with Crippen molar-refractivity contribution in [3.8, 4) is 0 Å². The summed E-state index contributed by atoms with van der Waals surface area (Å²) < 4.78 is 61.0. The van der Waals surface area contributed by atoms with E-state index >= 15 is 0 Å². The van der Waals surface area contributed by atoms with Gasteiger partial charge >= 0.3 is 5.51 Å². The van der Waals surface area contributed by atoms with Crippen LogP contribution in [0.1, 0.15) is 63.4 Å². The Morgan fingerprint density at radius 3 is 2.47 bits per heavy atom. The normalized spacial score (nSPS) is 30.3. The molecule has 1 amide bonds. The molecule has 5 rings (SSSR count). The maximum absolute atomic E-state index is 12.7. The lowest BCUT2D eigenvalue weighted by Gasteiger charge is -2.58. The summed E-state index contributed by atoms with van der Waals surface area (Å²) in [6, 6.07) is 5.88. The average Bonchev–Trinajstić information content (AvgIpc) is 2.88. The van der Waals surface area contributed by atoms with Crippen LogP contribution in [0.2, 0.25) is 0 Å². The van der Waals surface area contributed by atoms with Crippen molar-refractivity contribution in [2.75, 3.05) is 32.7 Å². The van der Waals surface area contributed by atoms with Gasteiger partial charge in [-0.15, -0.1) is 0 Å². The van der Waals surface area contributed by atoms with Crippen LogP contribution in [0.15, 0.2) is 29.2 Å². The predicted octanol–water partition coefficient (Wildman–Crippen LogP) is 4.39. The highest BCUT2D eigenvalue weighted by atomic mass is 32.2. The van der Waals surface area contributed by atoms with Crippen molar-refractivity contribution in [3.63, 3.8) is 0 Å². The molecule has 1 saturated carbocycles. The number of nitrogens with one attached hydrogen (secondary N) is 1. The predicted molar refractivity (Wildman–Crippen MR) is 139 cm³/mol. The van der Waals surface area contributed by atoms with Gasteiger partial charge in [0.05, 0.1) is 11.3 Å². The van der Waals surface area contributed by atoms with E-state index in [1.165, 1.54) is 76.7 Å². The fourth-order valence-corrected chi connectivity index (χ4v) is 8.56. The lowest BCUT2D eigenvalue weighted by atomic mass is 9.62. The van der Waals surface area contributed by atoms with E-state index in [0.29, 0.717) is 18.2 Å². The molecule has 1 aromatic carbocycles. The quantitative estimate of drug-likeness (QED) is 0.482. The Morgan fingerprint density at radius 2 is 1.71 bits per heavy atom. The Hall–Kier alpha value is -1.65. The minimum atomic E-state index is -5.38. The van der Waals surface area contributed by atoms with E-state index < -0.39 is 20.2 Å². The highest BCUT2D eigenvalue weighted by Crippen LogP contribution is 2.48. The number of carbonyl (C=O) groups is 1. The summed E-state index contributed by atoms with van der Waals surface area (Å²) in [6.45, 7) is 5.36. The molecule has 1 N–H and O–H groups in total. The third-order valence-corrected chi connectivity index (χ3v) is 10.9. The lowest BCUT2D eigenvalue weighted by Crippen LogP contribution is -2.62. The molecule has 0 radical (unpaired) electrons. The first kappa shape index (κ1) is 27.9. The van der Waals surface area contributed by atoms with Crippen LogP contribution in [0.25, 0.3) is 0 Å². The Bertz CT molecular complexity index is 1080. The van der Waals surface area contributed by atoms with Gasteiger partial charge in [-0.25, -0.2) is 8.42 Å². The number of alkyl halides is 3. The SMILES string of the molecule is O=C(Cc1ccc(S(=O)(=O)C(F)(F)F)cc1)NCCCCN1CCCC2C[C@H]3C[C@H](CN4CCCC[C@H]34)[C@@H]21. The van der Waals surface area contributed by atoms with Gasteiger partial charge < -0.3 is 5.32 Å². The van der Waals surface area contributed by atoms with Crippen molar-refractivity contribution in [1.29, 1.82) is 0 Å². The molecular formula is C28H40F3N3O3S. The van der Waals surface area contributed by atoms with Crippen molar-refractivity contribution in [2.45, 2.75) is 86.7 Å². The molecule has 1 aliphatic carbocycles. The molecular weight excluding hydrogens is 515 g/mol. The second kappa shape index (κ2) is 11.5. The summed E-state index contributed by atoms with van der Waals surface area (Å²) in [5.74, 6) is 2.32. The highest BCUT2D eigenvalue weighted by molar-refractivity contribution is 7.92. The van der Waals surface area contributed by atoms with Crippen molar-refractivity contribution in [2.24, 2.45) is 17.8 Å². The summed E-state index contributed by atoms with van der Waals surface area (Å²) in [5, 5.41) is 2.90. The molecule has 3 heterocycles. The Balaban J connectivity index is 1.05. The third-order valence-electron chi connectivity index (χ3n) is 9.39. The van der Waals surface area contributed by atoms with Gasteiger partial charge in [0.2, 0.25) is 5.91 Å². The zero-order valence-electron chi connectivity index (χ0n) is 22.0. The number of sulfone groups is 1. The number of piperidine rings is 3. The molecule has 3 aliphatic heterocycles. The molecule has 0 spiro atoms. The van der Waals surface area contributed by atoms with Gasteiger partial charge in [0.15, 0.2) is 0 Å². The van der Waals surface area contributed by atoms with E-state index in [0.717, 1.165) is 55.3 Å². The van der Waals surface area contributed by atoms with E-state index in [9.17, 15) is 26.4 Å². The van der Waals surface area contributed by atoms with Gasteiger partial charge in [-0.1, -0.05) is 18.6 Å². The highest BCUT2D eigenvalue weighted by Gasteiger charge is 2.49.